The van der Waals surface area contributed by atoms with Crippen molar-refractivity contribution in [1.82, 2.24) is 5.32 Å². The molecule has 0 atom stereocenters. The maximum Gasteiger partial charge on any atom is 0.490 e. The standard InChI is InChI=1S/C21H23F3N2O5/c1-29-17(27)20(31-18(28)21(22,23)24)10-15(11-20)30-12-14-4-2-3-5-16(14)19(13-25)6-8-26-9-7-19/h2-5,15,26H,6-12H2,1H3. The van der Waals surface area contributed by atoms with Gasteiger partial charge in [-0.1, -0.05) is 24.3 Å². The third-order valence-electron chi connectivity index (χ3n) is 5.87. The van der Waals surface area contributed by atoms with E-state index in [1.165, 1.54) is 0 Å². The SMILES string of the molecule is COC(=O)C1(OC(=O)C(F)(F)F)CC(OCc2ccccc2C2(C#N)CCNCC2)C1. The van der Waals surface area contributed by atoms with Crippen molar-refractivity contribution in [3.05, 3.63) is 35.4 Å². The molecule has 0 spiro atoms. The van der Waals surface area contributed by atoms with Gasteiger partial charge in [0.15, 0.2) is 0 Å². The summed E-state index contributed by atoms with van der Waals surface area (Å²) in [6.45, 7) is 1.55. The van der Waals surface area contributed by atoms with E-state index in [1.54, 1.807) is 0 Å². The molecule has 0 radical (unpaired) electrons. The smallest absolute Gasteiger partial charge is 0.466 e. The molecule has 7 nitrogen and oxygen atoms in total. The lowest BCUT2D eigenvalue weighted by Gasteiger charge is -2.43. The fourth-order valence-corrected chi connectivity index (χ4v) is 4.12. The third kappa shape index (κ3) is 4.67. The number of carbonyl (C=O) groups is 2. The molecule has 1 aromatic carbocycles. The first-order valence-electron chi connectivity index (χ1n) is 9.86. The zero-order chi connectivity index (χ0) is 22.7. The van der Waals surface area contributed by atoms with Crippen molar-refractivity contribution in [2.45, 2.75) is 55.6 Å². The second-order valence-corrected chi connectivity index (χ2v) is 7.82. The van der Waals surface area contributed by atoms with Crippen LogP contribution in [0, 0.1) is 11.3 Å². The van der Waals surface area contributed by atoms with Gasteiger partial charge >= 0.3 is 18.1 Å². The van der Waals surface area contributed by atoms with Crippen molar-refractivity contribution >= 4 is 11.9 Å². The summed E-state index contributed by atoms with van der Waals surface area (Å²) < 4.78 is 52.5. The van der Waals surface area contributed by atoms with Gasteiger partial charge < -0.3 is 19.5 Å². The molecule has 1 saturated heterocycles. The summed E-state index contributed by atoms with van der Waals surface area (Å²) in [7, 11) is 1.01. The van der Waals surface area contributed by atoms with Gasteiger partial charge in [-0.3, -0.25) is 0 Å². The number of hydrogen-bond acceptors (Lipinski definition) is 7. The van der Waals surface area contributed by atoms with Crippen LogP contribution in [0.4, 0.5) is 13.2 Å². The van der Waals surface area contributed by atoms with E-state index in [9.17, 15) is 28.0 Å². The molecular weight excluding hydrogens is 417 g/mol. The van der Waals surface area contributed by atoms with E-state index in [0.29, 0.717) is 12.8 Å². The number of nitrogens with zero attached hydrogens (tertiary/aromatic N) is 1. The minimum absolute atomic E-state index is 0.113. The van der Waals surface area contributed by atoms with E-state index < -0.39 is 35.2 Å². The van der Waals surface area contributed by atoms with Crippen LogP contribution in [-0.2, 0) is 35.8 Å². The average molecular weight is 440 g/mol. The summed E-state index contributed by atoms with van der Waals surface area (Å²) in [5, 5.41) is 13.1. The van der Waals surface area contributed by atoms with Gasteiger partial charge in [0.2, 0.25) is 5.60 Å². The van der Waals surface area contributed by atoms with Crippen molar-refractivity contribution in [1.29, 1.82) is 5.26 Å². The highest BCUT2D eigenvalue weighted by atomic mass is 19.4. The van der Waals surface area contributed by atoms with E-state index in [0.717, 1.165) is 31.3 Å². The molecule has 1 saturated carbocycles. The number of hydrogen-bond donors (Lipinski definition) is 1. The molecular formula is C21H23F3N2O5. The Morgan fingerprint density at radius 2 is 1.87 bits per heavy atom. The van der Waals surface area contributed by atoms with Crippen molar-refractivity contribution in [3.8, 4) is 6.07 Å². The lowest BCUT2D eigenvalue weighted by atomic mass is 9.72. The molecule has 3 rings (SSSR count). The third-order valence-corrected chi connectivity index (χ3v) is 5.87. The summed E-state index contributed by atoms with van der Waals surface area (Å²) >= 11 is 0. The lowest BCUT2D eigenvalue weighted by molar-refractivity contribution is -0.238. The van der Waals surface area contributed by atoms with Crippen molar-refractivity contribution in [2.24, 2.45) is 0 Å². The van der Waals surface area contributed by atoms with Crippen LogP contribution in [-0.4, -0.2) is 50.0 Å². The highest BCUT2D eigenvalue weighted by molar-refractivity contribution is 5.86. The summed E-state index contributed by atoms with van der Waals surface area (Å²) in [4.78, 5) is 23.2. The van der Waals surface area contributed by atoms with Gasteiger partial charge in [-0.15, -0.1) is 0 Å². The number of carbonyl (C=O) groups excluding carboxylic acids is 2. The second-order valence-electron chi connectivity index (χ2n) is 7.82. The number of halogens is 3. The summed E-state index contributed by atoms with van der Waals surface area (Å²) in [5.41, 5.74) is -0.980. The number of methoxy groups -OCH3 is 1. The highest BCUT2D eigenvalue weighted by Crippen LogP contribution is 2.42. The van der Waals surface area contributed by atoms with Crippen molar-refractivity contribution in [2.75, 3.05) is 20.2 Å². The van der Waals surface area contributed by atoms with Crippen LogP contribution in [0.1, 0.15) is 36.8 Å². The monoisotopic (exact) mass is 440 g/mol. The maximum absolute atomic E-state index is 12.6. The molecule has 2 aliphatic rings. The van der Waals surface area contributed by atoms with Crippen molar-refractivity contribution < 1.29 is 37.0 Å². The largest absolute Gasteiger partial charge is 0.490 e. The summed E-state index contributed by atoms with van der Waals surface area (Å²) in [6, 6.07) is 9.83. The van der Waals surface area contributed by atoms with Gasteiger partial charge in [0, 0.05) is 12.8 Å². The predicted octanol–water partition coefficient (Wildman–Crippen LogP) is 2.53. The molecule has 168 valence electrons. The molecule has 10 heteroatoms. The number of alkyl halides is 3. The Morgan fingerprint density at radius 1 is 1.23 bits per heavy atom. The van der Waals surface area contributed by atoms with Crippen LogP contribution < -0.4 is 5.32 Å². The van der Waals surface area contributed by atoms with Gasteiger partial charge in [0.25, 0.3) is 0 Å². The van der Waals surface area contributed by atoms with E-state index in [2.05, 4.69) is 20.9 Å². The van der Waals surface area contributed by atoms with Gasteiger partial charge in [-0.25, -0.2) is 9.59 Å². The first-order valence-corrected chi connectivity index (χ1v) is 9.86. The molecule has 0 amide bonds. The van der Waals surface area contributed by atoms with Crippen LogP contribution in [0.25, 0.3) is 0 Å². The number of nitriles is 1. The number of esters is 2. The molecule has 1 aromatic rings. The minimum atomic E-state index is -5.22. The number of nitrogens with one attached hydrogen (secondary N) is 1. The zero-order valence-electron chi connectivity index (χ0n) is 17.0. The predicted molar refractivity (Wildman–Crippen MR) is 101 cm³/mol. The maximum atomic E-state index is 12.6. The molecule has 0 unspecified atom stereocenters. The molecule has 2 fully saturated rings. The van der Waals surface area contributed by atoms with Gasteiger partial charge in [-0.05, 0) is 37.1 Å². The molecule has 1 aliphatic carbocycles. The second kappa shape index (κ2) is 8.85. The first-order chi connectivity index (χ1) is 14.7. The Bertz CT molecular complexity index is 869. The fourth-order valence-electron chi connectivity index (χ4n) is 4.12. The molecule has 1 N–H and O–H groups in total. The topological polar surface area (TPSA) is 97.7 Å². The Labute approximate surface area is 177 Å². The Hall–Kier alpha value is -2.64. The van der Waals surface area contributed by atoms with E-state index in [1.807, 2.05) is 24.3 Å². The fraction of sp³-hybridized carbons (Fsp3) is 0.571. The van der Waals surface area contributed by atoms with Crippen LogP contribution in [0.3, 0.4) is 0 Å². The van der Waals surface area contributed by atoms with Gasteiger partial charge in [0.05, 0.1) is 31.3 Å². The van der Waals surface area contributed by atoms with Crippen LogP contribution in [0.15, 0.2) is 24.3 Å². The normalized spacial score (nSPS) is 25.1. The van der Waals surface area contributed by atoms with Crippen LogP contribution >= 0.6 is 0 Å². The van der Waals surface area contributed by atoms with E-state index in [-0.39, 0.29) is 19.4 Å². The van der Waals surface area contributed by atoms with Gasteiger partial charge in [-0.2, -0.15) is 18.4 Å². The van der Waals surface area contributed by atoms with E-state index in [4.69, 9.17) is 4.74 Å². The highest BCUT2D eigenvalue weighted by Gasteiger charge is 2.58. The molecule has 1 aliphatic heterocycles. The number of ether oxygens (including phenoxy) is 3. The van der Waals surface area contributed by atoms with Crippen molar-refractivity contribution in [3.63, 3.8) is 0 Å². The average Bonchev–Trinajstić information content (AvgIpc) is 2.74. The number of piperidine rings is 1. The summed E-state index contributed by atoms with van der Waals surface area (Å²) in [6.07, 6.45) is -4.98. The quantitative estimate of drug-likeness (QED) is 0.679. The number of rotatable bonds is 6. The molecule has 31 heavy (non-hydrogen) atoms. The molecule has 0 bridgehead atoms. The first kappa shape index (κ1) is 23.0. The molecule has 1 heterocycles. The number of benzene rings is 1. The van der Waals surface area contributed by atoms with Crippen LogP contribution in [0.5, 0.6) is 0 Å². The van der Waals surface area contributed by atoms with Crippen LogP contribution in [0.2, 0.25) is 0 Å². The van der Waals surface area contributed by atoms with Gasteiger partial charge in [0.1, 0.15) is 0 Å². The van der Waals surface area contributed by atoms with E-state index >= 15 is 0 Å². The Morgan fingerprint density at radius 3 is 2.45 bits per heavy atom. The Balaban J connectivity index is 1.68. The Kier molecular flexibility index (Phi) is 6.57. The molecule has 0 aromatic heterocycles. The lowest BCUT2D eigenvalue weighted by Crippen LogP contribution is -2.58. The minimum Gasteiger partial charge on any atom is -0.466 e. The zero-order valence-corrected chi connectivity index (χ0v) is 17.0. The summed E-state index contributed by atoms with van der Waals surface area (Å²) in [5.74, 6) is -3.49.